The maximum atomic E-state index is 10.3. The van der Waals surface area contributed by atoms with Gasteiger partial charge in [0.1, 0.15) is 22.7 Å². The van der Waals surface area contributed by atoms with Gasteiger partial charge in [0, 0.05) is 23.3 Å². The number of hydrogen-bond acceptors (Lipinski definition) is 9. The van der Waals surface area contributed by atoms with Crippen molar-refractivity contribution in [2.75, 3.05) is 5.73 Å². The van der Waals surface area contributed by atoms with E-state index in [1.807, 2.05) is 43.3 Å². The molecule has 0 fully saturated rings. The van der Waals surface area contributed by atoms with Crippen molar-refractivity contribution in [3.63, 3.8) is 0 Å². The van der Waals surface area contributed by atoms with Crippen LogP contribution in [-0.4, -0.2) is 49.8 Å². The van der Waals surface area contributed by atoms with Gasteiger partial charge in [0.2, 0.25) is 0 Å². The third kappa shape index (κ3) is 4.88. The van der Waals surface area contributed by atoms with E-state index < -0.39 is 5.60 Å². The first-order valence-electron chi connectivity index (χ1n) is 12.5. The third-order valence-electron chi connectivity index (χ3n) is 6.31. The van der Waals surface area contributed by atoms with E-state index in [4.69, 9.17) is 27.3 Å². The summed E-state index contributed by atoms with van der Waals surface area (Å²) in [6.07, 6.45) is 5.24. The molecule has 0 aliphatic carbocycles. The van der Waals surface area contributed by atoms with Crippen LogP contribution in [0.15, 0.2) is 67.1 Å². The Morgan fingerprint density at radius 3 is 2.65 bits per heavy atom. The Labute approximate surface area is 234 Å². The Kier molecular flexibility index (Phi) is 6.24. The number of nitrogens with zero attached hydrogens (tertiary/aromatic N) is 9. The van der Waals surface area contributed by atoms with Crippen molar-refractivity contribution in [3.05, 3.63) is 89.2 Å². The summed E-state index contributed by atoms with van der Waals surface area (Å²) >= 11 is 6.62. The van der Waals surface area contributed by atoms with Crippen LogP contribution in [0.5, 0.6) is 0 Å². The summed E-state index contributed by atoms with van der Waals surface area (Å²) in [5, 5.41) is 24.8. The van der Waals surface area contributed by atoms with Gasteiger partial charge < -0.3 is 10.8 Å². The van der Waals surface area contributed by atoms with E-state index in [0.717, 1.165) is 22.3 Å². The first-order valence-corrected chi connectivity index (χ1v) is 12.9. The molecule has 5 aromatic heterocycles. The number of aromatic nitrogens is 9. The molecule has 40 heavy (non-hydrogen) atoms. The average molecular weight is 553 g/mol. The number of pyridine rings is 2. The predicted octanol–water partition coefficient (Wildman–Crippen LogP) is 4.35. The maximum absolute atomic E-state index is 10.3. The minimum Gasteiger partial charge on any atom is -0.384 e. The fourth-order valence-electron chi connectivity index (χ4n) is 4.36. The molecule has 3 N–H and O–H groups in total. The van der Waals surface area contributed by atoms with Gasteiger partial charge in [-0.25, -0.2) is 19.3 Å². The highest BCUT2D eigenvalue weighted by molar-refractivity contribution is 6.35. The molecule has 0 spiro atoms. The van der Waals surface area contributed by atoms with E-state index in [1.165, 1.54) is 0 Å². The number of anilines is 1. The third-order valence-corrected chi connectivity index (χ3v) is 6.60. The Morgan fingerprint density at radius 1 is 1.02 bits per heavy atom. The second kappa shape index (κ2) is 9.78. The zero-order valence-electron chi connectivity index (χ0n) is 22.0. The topological polar surface area (TPSA) is 146 Å². The first kappa shape index (κ1) is 25.5. The number of aliphatic hydroxyl groups is 1. The molecule has 6 aromatic rings. The van der Waals surface area contributed by atoms with E-state index in [-0.39, 0.29) is 5.82 Å². The van der Waals surface area contributed by atoms with E-state index >= 15 is 0 Å². The Balaban J connectivity index is 1.44. The SMILES string of the molecule is Cc1ccn(-c2nc(N)c(-c3cn(Cc4cccc(C(C)(C)O)n4)nn3)nc2-c2cc(Cl)c3ncccc3c2)n1. The van der Waals surface area contributed by atoms with E-state index in [1.54, 1.807) is 53.9 Å². The van der Waals surface area contributed by atoms with E-state index in [0.29, 0.717) is 45.7 Å². The van der Waals surface area contributed by atoms with Crippen LogP contribution >= 0.6 is 11.6 Å². The Hall–Kier alpha value is -4.74. The lowest BCUT2D eigenvalue weighted by Gasteiger charge is -2.17. The number of aryl methyl sites for hydroxylation is 1. The number of hydrogen-bond donors (Lipinski definition) is 2. The van der Waals surface area contributed by atoms with Gasteiger partial charge >= 0.3 is 0 Å². The molecule has 0 atom stereocenters. The molecule has 0 aliphatic heterocycles. The van der Waals surface area contributed by atoms with Crippen LogP contribution in [0.1, 0.15) is 30.9 Å². The molecule has 1 aromatic carbocycles. The average Bonchev–Trinajstić information content (AvgIpc) is 3.57. The summed E-state index contributed by atoms with van der Waals surface area (Å²) in [6.45, 7) is 5.62. The van der Waals surface area contributed by atoms with Gasteiger partial charge in [-0.1, -0.05) is 28.9 Å². The molecule has 6 rings (SSSR count). The molecule has 0 aliphatic rings. The van der Waals surface area contributed by atoms with Crippen molar-refractivity contribution < 1.29 is 5.11 Å². The van der Waals surface area contributed by atoms with Crippen molar-refractivity contribution >= 4 is 28.3 Å². The summed E-state index contributed by atoms with van der Waals surface area (Å²) in [7, 11) is 0. The van der Waals surface area contributed by atoms with Crippen LogP contribution in [0.3, 0.4) is 0 Å². The van der Waals surface area contributed by atoms with Crippen molar-refractivity contribution in [2.45, 2.75) is 32.9 Å². The molecule has 12 heteroatoms. The van der Waals surface area contributed by atoms with Crippen molar-refractivity contribution in [1.82, 2.24) is 44.7 Å². The molecular formula is C28H25ClN10O. The Bertz CT molecular complexity index is 1870. The lowest BCUT2D eigenvalue weighted by atomic mass is 10.0. The summed E-state index contributed by atoms with van der Waals surface area (Å²) in [5.74, 6) is 0.628. The number of nitrogens with two attached hydrogens (primary N) is 1. The van der Waals surface area contributed by atoms with Crippen LogP contribution in [0.2, 0.25) is 5.02 Å². The van der Waals surface area contributed by atoms with Crippen LogP contribution in [0.25, 0.3) is 39.4 Å². The monoisotopic (exact) mass is 552 g/mol. The van der Waals surface area contributed by atoms with Gasteiger partial charge in [-0.3, -0.25) is 9.97 Å². The molecule has 0 radical (unpaired) electrons. The standard InChI is InChI=1S/C28H25ClN10O/c1-16-9-11-39(36-16)27-24(18-12-17-6-5-10-31-23(17)20(29)13-18)33-25(26(30)34-27)21-15-38(37-35-21)14-19-7-4-8-22(32-19)28(2,3)40/h4-13,15,40H,14H2,1-3H3,(H2,30,34). The highest BCUT2D eigenvalue weighted by atomic mass is 35.5. The normalized spacial score (nSPS) is 11.8. The first-order chi connectivity index (χ1) is 19.2. The quantitative estimate of drug-likeness (QED) is 0.308. The number of fused-ring (bicyclic) bond motifs is 1. The lowest BCUT2D eigenvalue weighted by Crippen LogP contribution is -2.18. The van der Waals surface area contributed by atoms with Gasteiger partial charge in [-0.15, -0.1) is 5.10 Å². The second-order valence-electron chi connectivity index (χ2n) is 9.94. The summed E-state index contributed by atoms with van der Waals surface area (Å²) in [6, 6.07) is 14.9. The van der Waals surface area contributed by atoms with Crippen LogP contribution in [0, 0.1) is 6.92 Å². The smallest absolute Gasteiger partial charge is 0.182 e. The fraction of sp³-hybridized carbons (Fsp3) is 0.179. The molecule has 200 valence electrons. The summed E-state index contributed by atoms with van der Waals surface area (Å²) < 4.78 is 3.27. The van der Waals surface area contributed by atoms with Gasteiger partial charge in [-0.05, 0) is 57.2 Å². The molecule has 5 heterocycles. The minimum atomic E-state index is -1.05. The van der Waals surface area contributed by atoms with Gasteiger partial charge in [0.15, 0.2) is 11.6 Å². The van der Waals surface area contributed by atoms with E-state index in [9.17, 15) is 5.11 Å². The molecule has 0 saturated carbocycles. The van der Waals surface area contributed by atoms with Crippen molar-refractivity contribution in [1.29, 1.82) is 0 Å². The molecule has 0 unspecified atom stereocenters. The van der Waals surface area contributed by atoms with Crippen molar-refractivity contribution in [3.8, 4) is 28.5 Å². The largest absolute Gasteiger partial charge is 0.384 e. The lowest BCUT2D eigenvalue weighted by molar-refractivity contribution is 0.0736. The molecular weight excluding hydrogens is 528 g/mol. The number of benzene rings is 1. The molecule has 0 bridgehead atoms. The van der Waals surface area contributed by atoms with Crippen LogP contribution in [-0.2, 0) is 12.1 Å². The number of nitrogen functional groups attached to an aromatic ring is 1. The highest BCUT2D eigenvalue weighted by Gasteiger charge is 2.21. The molecule has 0 saturated heterocycles. The number of rotatable bonds is 6. The van der Waals surface area contributed by atoms with Crippen LogP contribution < -0.4 is 5.73 Å². The van der Waals surface area contributed by atoms with E-state index in [2.05, 4.69) is 25.4 Å². The predicted molar refractivity (Wildman–Crippen MR) is 152 cm³/mol. The zero-order chi connectivity index (χ0) is 28.0. The van der Waals surface area contributed by atoms with Gasteiger partial charge in [0.05, 0.1) is 40.4 Å². The molecule has 0 amide bonds. The van der Waals surface area contributed by atoms with Crippen LogP contribution in [0.4, 0.5) is 5.82 Å². The maximum Gasteiger partial charge on any atom is 0.182 e. The van der Waals surface area contributed by atoms with Gasteiger partial charge in [0.25, 0.3) is 0 Å². The second-order valence-corrected chi connectivity index (χ2v) is 10.3. The minimum absolute atomic E-state index is 0.176. The summed E-state index contributed by atoms with van der Waals surface area (Å²) in [5.41, 5.74) is 10.2. The van der Waals surface area contributed by atoms with Gasteiger partial charge in [-0.2, -0.15) is 5.10 Å². The summed E-state index contributed by atoms with van der Waals surface area (Å²) in [4.78, 5) is 18.6. The zero-order valence-corrected chi connectivity index (χ0v) is 22.7. The molecule has 11 nitrogen and oxygen atoms in total. The number of halogens is 1. The van der Waals surface area contributed by atoms with Crippen molar-refractivity contribution in [2.24, 2.45) is 0 Å². The Morgan fingerprint density at radius 2 is 1.88 bits per heavy atom. The fourth-order valence-corrected chi connectivity index (χ4v) is 4.63. The highest BCUT2D eigenvalue weighted by Crippen LogP contribution is 2.34.